The summed E-state index contributed by atoms with van der Waals surface area (Å²) in [6.07, 6.45) is 2.44. The summed E-state index contributed by atoms with van der Waals surface area (Å²) >= 11 is 0. The Balaban J connectivity index is 1.96. The van der Waals surface area contributed by atoms with Crippen molar-refractivity contribution in [1.82, 2.24) is 4.90 Å². The number of carboxylic acid groups (broad SMARTS) is 1. The molecule has 0 bridgehead atoms. The van der Waals surface area contributed by atoms with Crippen LogP contribution >= 0.6 is 0 Å². The summed E-state index contributed by atoms with van der Waals surface area (Å²) in [5.74, 6) is -1.26. The van der Waals surface area contributed by atoms with Crippen LogP contribution in [-0.4, -0.2) is 46.3 Å². The first-order valence-electron chi connectivity index (χ1n) is 5.86. The minimum atomic E-state index is -1.12. The van der Waals surface area contributed by atoms with Crippen molar-refractivity contribution in [3.8, 4) is 0 Å². The average molecular weight is 240 g/mol. The fraction of sp³-hybridized carbons (Fsp3) is 0.727. The van der Waals surface area contributed by atoms with Gasteiger partial charge in [-0.3, -0.25) is 4.79 Å². The molecule has 6 heteroatoms. The second-order valence-electron chi connectivity index (χ2n) is 4.52. The first kappa shape index (κ1) is 11.9. The smallest absolute Gasteiger partial charge is 0.353 e. The lowest BCUT2D eigenvalue weighted by Crippen LogP contribution is -2.47. The Labute approximate surface area is 99.2 Å². The predicted octanol–water partition coefficient (Wildman–Crippen LogP) is 0.617. The Hall–Kier alpha value is -1.59. The number of amides is 1. The molecule has 1 amide bonds. The fourth-order valence-corrected chi connectivity index (χ4v) is 2.25. The van der Waals surface area contributed by atoms with Crippen LogP contribution in [0.3, 0.4) is 0 Å². The number of hydrogen-bond donors (Lipinski definition) is 1. The summed E-state index contributed by atoms with van der Waals surface area (Å²) in [4.78, 5) is 29.5. The summed E-state index contributed by atoms with van der Waals surface area (Å²) in [5.41, 5.74) is -0.0759. The lowest BCUT2D eigenvalue weighted by atomic mass is 10.0. The Morgan fingerprint density at radius 2 is 2.24 bits per heavy atom. The van der Waals surface area contributed by atoms with E-state index in [1.54, 1.807) is 4.90 Å². The van der Waals surface area contributed by atoms with Crippen molar-refractivity contribution < 1.29 is 19.5 Å². The van der Waals surface area contributed by atoms with E-state index < -0.39 is 12.1 Å². The van der Waals surface area contributed by atoms with Crippen molar-refractivity contribution in [1.29, 1.82) is 0 Å². The molecular formula is C11H16N2O4. The number of oxime groups is 1. The molecule has 94 valence electrons. The summed E-state index contributed by atoms with van der Waals surface area (Å²) in [6, 6.07) is 0.203. The molecule has 1 saturated heterocycles. The van der Waals surface area contributed by atoms with Crippen molar-refractivity contribution in [2.45, 2.75) is 44.8 Å². The highest BCUT2D eigenvalue weighted by molar-refractivity contribution is 6.36. The van der Waals surface area contributed by atoms with Gasteiger partial charge < -0.3 is 14.8 Å². The van der Waals surface area contributed by atoms with Crippen LogP contribution in [0.4, 0.5) is 0 Å². The lowest BCUT2D eigenvalue weighted by molar-refractivity contribution is -0.145. The molecule has 2 aliphatic heterocycles. The van der Waals surface area contributed by atoms with Crippen molar-refractivity contribution in [3.63, 3.8) is 0 Å². The van der Waals surface area contributed by atoms with Crippen LogP contribution in [0.15, 0.2) is 5.16 Å². The van der Waals surface area contributed by atoms with Crippen LogP contribution < -0.4 is 0 Å². The molecule has 0 aliphatic carbocycles. The monoisotopic (exact) mass is 240 g/mol. The third-order valence-corrected chi connectivity index (χ3v) is 3.28. The van der Waals surface area contributed by atoms with Crippen molar-refractivity contribution in [3.05, 3.63) is 0 Å². The molecule has 0 spiro atoms. The zero-order valence-corrected chi connectivity index (χ0v) is 9.76. The van der Waals surface area contributed by atoms with Gasteiger partial charge in [0.15, 0.2) is 5.71 Å². The van der Waals surface area contributed by atoms with Gasteiger partial charge in [-0.1, -0.05) is 5.16 Å². The largest absolute Gasteiger partial charge is 0.477 e. The number of carbonyl (C=O) groups is 2. The number of carboxylic acids is 1. The molecule has 6 nitrogen and oxygen atoms in total. The quantitative estimate of drug-likeness (QED) is 0.767. The average Bonchev–Trinajstić information content (AvgIpc) is 2.78. The molecule has 2 unspecified atom stereocenters. The molecule has 0 aromatic rings. The van der Waals surface area contributed by atoms with E-state index in [4.69, 9.17) is 9.94 Å². The van der Waals surface area contributed by atoms with Crippen molar-refractivity contribution in [2.75, 3.05) is 6.54 Å². The lowest BCUT2D eigenvalue weighted by Gasteiger charge is -2.34. The molecule has 17 heavy (non-hydrogen) atoms. The zero-order valence-electron chi connectivity index (χ0n) is 9.76. The molecule has 0 aromatic carbocycles. The van der Waals surface area contributed by atoms with Gasteiger partial charge in [-0.15, -0.1) is 0 Å². The fourth-order valence-electron chi connectivity index (χ4n) is 2.25. The number of aliphatic carboxylic acids is 1. The van der Waals surface area contributed by atoms with Crippen molar-refractivity contribution in [2.24, 2.45) is 5.16 Å². The third kappa shape index (κ3) is 2.40. The molecule has 2 rings (SSSR count). The highest BCUT2D eigenvalue weighted by Gasteiger charge is 2.36. The standard InChI is InChI=1S/C11H16N2O4/c1-7-4-2-3-5-13(7)10(14)9-6-8(11(15)16)12-17-9/h7,9H,2-6H2,1H3,(H,15,16). The van der Waals surface area contributed by atoms with E-state index in [9.17, 15) is 9.59 Å². The Kier molecular flexibility index (Phi) is 3.31. The topological polar surface area (TPSA) is 79.2 Å². The molecule has 1 N–H and O–H groups in total. The van der Waals surface area contributed by atoms with Gasteiger partial charge in [0.1, 0.15) is 0 Å². The van der Waals surface area contributed by atoms with E-state index in [1.165, 1.54) is 0 Å². The van der Waals surface area contributed by atoms with Gasteiger partial charge in [0.25, 0.3) is 5.91 Å². The van der Waals surface area contributed by atoms with Gasteiger partial charge in [0, 0.05) is 19.0 Å². The van der Waals surface area contributed by atoms with Crippen LogP contribution in [0.1, 0.15) is 32.6 Å². The predicted molar refractivity (Wildman–Crippen MR) is 59.6 cm³/mol. The van der Waals surface area contributed by atoms with Crippen LogP contribution in [0.25, 0.3) is 0 Å². The minimum Gasteiger partial charge on any atom is -0.477 e. The summed E-state index contributed by atoms with van der Waals surface area (Å²) in [7, 11) is 0. The summed E-state index contributed by atoms with van der Waals surface area (Å²) in [6.45, 7) is 2.73. The number of likely N-dealkylation sites (tertiary alicyclic amines) is 1. The molecule has 2 atom stereocenters. The highest BCUT2D eigenvalue weighted by Crippen LogP contribution is 2.21. The van der Waals surface area contributed by atoms with E-state index >= 15 is 0 Å². The maximum atomic E-state index is 12.1. The molecular weight excluding hydrogens is 224 g/mol. The maximum absolute atomic E-state index is 12.1. The van der Waals surface area contributed by atoms with E-state index in [2.05, 4.69) is 5.16 Å². The van der Waals surface area contributed by atoms with Gasteiger partial charge in [-0.2, -0.15) is 0 Å². The third-order valence-electron chi connectivity index (χ3n) is 3.28. The van der Waals surface area contributed by atoms with E-state index in [0.717, 1.165) is 25.8 Å². The molecule has 0 aromatic heterocycles. The summed E-state index contributed by atoms with van der Waals surface area (Å²) in [5, 5.41) is 12.2. The molecule has 0 radical (unpaired) electrons. The van der Waals surface area contributed by atoms with Gasteiger partial charge in [0.05, 0.1) is 0 Å². The first-order chi connectivity index (χ1) is 8.09. The SMILES string of the molecule is CC1CCCCN1C(=O)C1CC(C(=O)O)=NO1. The van der Waals surface area contributed by atoms with E-state index in [-0.39, 0.29) is 24.1 Å². The highest BCUT2D eigenvalue weighted by atomic mass is 16.6. The van der Waals surface area contributed by atoms with Crippen LogP contribution in [-0.2, 0) is 14.4 Å². The van der Waals surface area contributed by atoms with Crippen LogP contribution in [0.2, 0.25) is 0 Å². The number of rotatable bonds is 2. The first-order valence-corrected chi connectivity index (χ1v) is 5.86. The number of hydrogen-bond acceptors (Lipinski definition) is 4. The Bertz CT molecular complexity index is 366. The summed E-state index contributed by atoms with van der Waals surface area (Å²) < 4.78 is 0. The van der Waals surface area contributed by atoms with E-state index in [1.807, 2.05) is 6.92 Å². The number of carbonyl (C=O) groups excluding carboxylic acids is 1. The number of piperidine rings is 1. The molecule has 2 heterocycles. The minimum absolute atomic E-state index is 0.0669. The number of nitrogens with zero attached hydrogens (tertiary/aromatic N) is 2. The van der Waals surface area contributed by atoms with Crippen molar-refractivity contribution >= 4 is 17.6 Å². The Morgan fingerprint density at radius 1 is 1.47 bits per heavy atom. The van der Waals surface area contributed by atoms with Gasteiger partial charge in [0.2, 0.25) is 6.10 Å². The van der Waals surface area contributed by atoms with Crippen LogP contribution in [0, 0.1) is 0 Å². The van der Waals surface area contributed by atoms with Gasteiger partial charge in [-0.25, -0.2) is 4.79 Å². The Morgan fingerprint density at radius 3 is 2.82 bits per heavy atom. The normalized spacial score (nSPS) is 28.5. The van der Waals surface area contributed by atoms with Gasteiger partial charge >= 0.3 is 5.97 Å². The molecule has 2 aliphatic rings. The molecule has 0 saturated carbocycles. The molecule has 1 fully saturated rings. The second kappa shape index (κ2) is 4.73. The maximum Gasteiger partial charge on any atom is 0.353 e. The van der Waals surface area contributed by atoms with E-state index in [0.29, 0.717) is 0 Å². The second-order valence-corrected chi connectivity index (χ2v) is 4.52. The van der Waals surface area contributed by atoms with Crippen LogP contribution in [0.5, 0.6) is 0 Å². The van der Waals surface area contributed by atoms with Gasteiger partial charge in [-0.05, 0) is 26.2 Å². The zero-order chi connectivity index (χ0) is 12.4.